The Bertz CT molecular complexity index is 1180. The van der Waals surface area contributed by atoms with Crippen LogP contribution < -0.4 is 4.89 Å². The van der Waals surface area contributed by atoms with E-state index in [1.165, 1.54) is 44.9 Å². The number of carbonyl (C=O) groups is 2. The number of hydrogen-bond donors (Lipinski definition) is 0. The van der Waals surface area contributed by atoms with Crippen LogP contribution in [0.15, 0.2) is 72.9 Å². The fourth-order valence-electron chi connectivity index (χ4n) is 5.26. The lowest BCUT2D eigenvalue weighted by Gasteiger charge is -2.28. The normalized spacial score (nSPS) is 14.3. The average molecular weight is 806 g/mol. The lowest BCUT2D eigenvalue weighted by atomic mass is 10.1. The second-order valence-corrected chi connectivity index (χ2v) is 16.8. The fourth-order valence-corrected chi connectivity index (χ4v) is 5.99. The maximum atomic E-state index is 12.7. The summed E-state index contributed by atoms with van der Waals surface area (Å²) in [5, 5.41) is 0. The highest BCUT2D eigenvalue weighted by Gasteiger charge is 2.21. The molecule has 56 heavy (non-hydrogen) atoms. The number of hydrogen-bond acceptors (Lipinski definition) is 8. The van der Waals surface area contributed by atoms with Gasteiger partial charge in [-0.1, -0.05) is 132 Å². The van der Waals surface area contributed by atoms with Crippen LogP contribution in [-0.2, 0) is 32.7 Å². The summed E-state index contributed by atoms with van der Waals surface area (Å²) in [5.74, 6) is -0.916. The van der Waals surface area contributed by atoms with Crippen LogP contribution in [0.2, 0.25) is 0 Å². The Morgan fingerprint density at radius 1 is 0.554 bits per heavy atom. The highest BCUT2D eigenvalue weighted by molar-refractivity contribution is 7.45. The first-order valence-corrected chi connectivity index (χ1v) is 23.1. The van der Waals surface area contributed by atoms with E-state index in [4.69, 9.17) is 18.5 Å². The third kappa shape index (κ3) is 41.1. The summed E-state index contributed by atoms with van der Waals surface area (Å²) in [5.41, 5.74) is 0. The second-order valence-electron chi connectivity index (χ2n) is 15.3. The van der Waals surface area contributed by atoms with Crippen molar-refractivity contribution in [3.63, 3.8) is 0 Å². The molecule has 0 radical (unpaired) electrons. The Morgan fingerprint density at radius 2 is 1.00 bits per heavy atom. The van der Waals surface area contributed by atoms with Crippen LogP contribution in [0.25, 0.3) is 0 Å². The third-order valence-electron chi connectivity index (χ3n) is 8.68. The molecule has 0 amide bonds. The number of likely N-dealkylation sites (N-methyl/N-ethyl adjacent to an activating group) is 1. The zero-order chi connectivity index (χ0) is 41.4. The summed E-state index contributed by atoms with van der Waals surface area (Å²) in [6, 6.07) is 0. The largest absolute Gasteiger partial charge is 0.756 e. The van der Waals surface area contributed by atoms with Gasteiger partial charge in [-0.2, -0.15) is 0 Å². The zero-order valence-corrected chi connectivity index (χ0v) is 36.9. The van der Waals surface area contributed by atoms with Crippen molar-refractivity contribution < 1.29 is 42.1 Å². The van der Waals surface area contributed by atoms with Crippen molar-refractivity contribution in [2.24, 2.45) is 0 Å². The predicted octanol–water partition coefficient (Wildman–Crippen LogP) is 11.6. The van der Waals surface area contributed by atoms with Crippen LogP contribution in [0.5, 0.6) is 0 Å². The van der Waals surface area contributed by atoms with E-state index in [0.717, 1.165) is 70.6 Å². The van der Waals surface area contributed by atoms with Crippen molar-refractivity contribution in [2.45, 2.75) is 161 Å². The lowest BCUT2D eigenvalue weighted by Crippen LogP contribution is -2.37. The number of phosphoric ester groups is 1. The summed E-state index contributed by atoms with van der Waals surface area (Å²) in [4.78, 5) is 37.5. The Balaban J connectivity index is 4.51. The molecule has 0 saturated carbocycles. The fraction of sp³-hybridized carbons (Fsp3) is 0.696. The molecule has 0 saturated heterocycles. The van der Waals surface area contributed by atoms with Gasteiger partial charge in [0.05, 0.1) is 27.7 Å². The van der Waals surface area contributed by atoms with Gasteiger partial charge in [0, 0.05) is 12.8 Å². The van der Waals surface area contributed by atoms with E-state index in [1.54, 1.807) is 0 Å². The first-order chi connectivity index (χ1) is 27.0. The van der Waals surface area contributed by atoms with Crippen molar-refractivity contribution in [3.05, 3.63) is 72.9 Å². The first-order valence-electron chi connectivity index (χ1n) is 21.6. The maximum absolute atomic E-state index is 12.7. The van der Waals surface area contributed by atoms with E-state index >= 15 is 0 Å². The Kier molecular flexibility index (Phi) is 36.3. The Hall–Kier alpha value is -2.55. The molecule has 322 valence electrons. The van der Waals surface area contributed by atoms with Gasteiger partial charge in [-0.05, 0) is 83.5 Å². The zero-order valence-electron chi connectivity index (χ0n) is 36.1. The minimum absolute atomic E-state index is 0.0458. The monoisotopic (exact) mass is 806 g/mol. The quantitative estimate of drug-likeness (QED) is 0.0199. The van der Waals surface area contributed by atoms with Crippen LogP contribution in [0.1, 0.15) is 155 Å². The number of phosphoric acid groups is 1. The lowest BCUT2D eigenvalue weighted by molar-refractivity contribution is -0.870. The number of allylic oxidation sites excluding steroid dienone is 12. The molecule has 9 nitrogen and oxygen atoms in total. The molecule has 0 aliphatic carbocycles. The van der Waals surface area contributed by atoms with E-state index in [0.29, 0.717) is 23.9 Å². The Labute approximate surface area is 342 Å². The van der Waals surface area contributed by atoms with Crippen molar-refractivity contribution in [1.29, 1.82) is 0 Å². The molecule has 0 aromatic rings. The SMILES string of the molecule is CCC/C=C/C/C=C/C/C=C/C/C=C/CCCCCC(=O)O[C@H](COC(=O)CCCC/C=C/C/C=C/CCCCCCCC)COP(=O)([O-])OCC[N+](C)(C)C. The summed E-state index contributed by atoms with van der Waals surface area (Å²) in [7, 11) is 1.11. The minimum Gasteiger partial charge on any atom is -0.756 e. The maximum Gasteiger partial charge on any atom is 0.306 e. The summed E-state index contributed by atoms with van der Waals surface area (Å²) < 4.78 is 33.8. The van der Waals surface area contributed by atoms with E-state index in [1.807, 2.05) is 21.1 Å². The molecular weight excluding hydrogens is 725 g/mol. The van der Waals surface area contributed by atoms with E-state index in [-0.39, 0.29) is 26.1 Å². The topological polar surface area (TPSA) is 111 Å². The molecule has 0 rings (SSSR count). The molecule has 0 aromatic heterocycles. The number of rotatable bonds is 38. The van der Waals surface area contributed by atoms with Gasteiger partial charge in [-0.25, -0.2) is 0 Å². The summed E-state index contributed by atoms with van der Waals surface area (Å²) in [6.07, 6.45) is 46.4. The van der Waals surface area contributed by atoms with Crippen LogP contribution >= 0.6 is 7.82 Å². The molecule has 0 fully saturated rings. The van der Waals surface area contributed by atoms with Gasteiger partial charge < -0.3 is 27.9 Å². The third-order valence-corrected chi connectivity index (χ3v) is 9.64. The molecule has 10 heteroatoms. The van der Waals surface area contributed by atoms with Gasteiger partial charge in [0.2, 0.25) is 0 Å². The number of ether oxygens (including phenoxy) is 2. The minimum atomic E-state index is -4.64. The van der Waals surface area contributed by atoms with Gasteiger partial charge >= 0.3 is 11.9 Å². The van der Waals surface area contributed by atoms with Crippen molar-refractivity contribution in [2.75, 3.05) is 47.5 Å². The van der Waals surface area contributed by atoms with Crippen LogP contribution in [0.4, 0.5) is 0 Å². The molecule has 0 spiro atoms. The van der Waals surface area contributed by atoms with Gasteiger partial charge in [-0.3, -0.25) is 14.2 Å². The molecule has 0 N–H and O–H groups in total. The Morgan fingerprint density at radius 3 is 1.54 bits per heavy atom. The number of unbranched alkanes of at least 4 members (excludes halogenated alkanes) is 12. The number of nitrogens with zero attached hydrogens (tertiary/aromatic N) is 1. The number of quaternary nitrogens is 1. The highest BCUT2D eigenvalue weighted by atomic mass is 31.2. The second kappa shape index (κ2) is 38.0. The van der Waals surface area contributed by atoms with Gasteiger partial charge in [0.1, 0.15) is 19.8 Å². The number of carbonyl (C=O) groups excluding carboxylic acids is 2. The molecule has 0 aromatic carbocycles. The molecule has 2 atom stereocenters. The van der Waals surface area contributed by atoms with E-state index in [2.05, 4.69) is 86.8 Å². The van der Waals surface area contributed by atoms with Crippen molar-refractivity contribution in [3.8, 4) is 0 Å². The van der Waals surface area contributed by atoms with Crippen LogP contribution in [0.3, 0.4) is 0 Å². The predicted molar refractivity (Wildman–Crippen MR) is 231 cm³/mol. The van der Waals surface area contributed by atoms with Crippen molar-refractivity contribution in [1.82, 2.24) is 0 Å². The highest BCUT2D eigenvalue weighted by Crippen LogP contribution is 2.38. The van der Waals surface area contributed by atoms with E-state index < -0.39 is 32.5 Å². The van der Waals surface area contributed by atoms with Gasteiger partial charge in [-0.15, -0.1) is 0 Å². The van der Waals surface area contributed by atoms with E-state index in [9.17, 15) is 19.0 Å². The molecular formula is C46H80NO8P. The number of esters is 2. The van der Waals surface area contributed by atoms with Crippen LogP contribution in [-0.4, -0.2) is 70.0 Å². The van der Waals surface area contributed by atoms with Crippen molar-refractivity contribution >= 4 is 19.8 Å². The van der Waals surface area contributed by atoms with Gasteiger partial charge in [0.15, 0.2) is 6.10 Å². The summed E-state index contributed by atoms with van der Waals surface area (Å²) >= 11 is 0. The molecule has 0 bridgehead atoms. The molecule has 1 unspecified atom stereocenters. The molecule has 0 aliphatic rings. The standard InChI is InChI=1S/C46H80NO8P/c1-6-8-10-12-14-16-18-20-22-23-25-27-29-31-33-35-37-39-46(49)55-44(43-54-56(50,51)53-41-40-47(3,4)5)42-52-45(48)38-36-34-32-30-28-26-24-21-19-17-15-13-11-9-7-2/h10,12,16,18,21-24,27-30,44H,6-9,11,13-15,17,19-20,25-26,31-43H2,1-5H3/b12-10+,18-16+,23-22+,24-21+,29-27+,30-28+/t44-/m1/s1. The average Bonchev–Trinajstić information content (AvgIpc) is 3.15. The summed E-state index contributed by atoms with van der Waals surface area (Å²) in [6.45, 7) is 4.05. The molecule has 0 heterocycles. The first kappa shape index (κ1) is 53.5. The van der Waals surface area contributed by atoms with Gasteiger partial charge in [0.25, 0.3) is 7.82 Å². The molecule has 0 aliphatic heterocycles. The smallest absolute Gasteiger partial charge is 0.306 e. The van der Waals surface area contributed by atoms with Crippen LogP contribution in [0, 0.1) is 0 Å².